The highest BCUT2D eigenvalue weighted by atomic mass is 32.2. The van der Waals surface area contributed by atoms with Crippen molar-refractivity contribution in [1.82, 2.24) is 14.3 Å². The average molecular weight is 553 g/mol. The Kier molecular flexibility index (Phi) is 5.79. The van der Waals surface area contributed by atoms with E-state index in [4.69, 9.17) is 0 Å². The summed E-state index contributed by atoms with van der Waals surface area (Å²) < 4.78 is 29.8. The summed E-state index contributed by atoms with van der Waals surface area (Å²) in [7, 11) is -3.64. The topological polar surface area (TPSA) is 92.3 Å². The first kappa shape index (κ1) is 24.7. The van der Waals surface area contributed by atoms with Crippen LogP contribution in [-0.2, 0) is 10.0 Å². The van der Waals surface area contributed by atoms with E-state index < -0.39 is 10.0 Å². The molecular weight excluding hydrogens is 525 g/mol. The van der Waals surface area contributed by atoms with Crippen molar-refractivity contribution in [3.8, 4) is 10.7 Å². The zero-order chi connectivity index (χ0) is 26.0. The second-order valence-corrected chi connectivity index (χ2v) is 15.0. The molecule has 1 saturated carbocycles. The lowest BCUT2D eigenvalue weighted by molar-refractivity contribution is 0.102. The summed E-state index contributed by atoms with van der Waals surface area (Å²) in [5.74, 6) is -0.333. The summed E-state index contributed by atoms with van der Waals surface area (Å²) in [6.07, 6.45) is 2.80. The van der Waals surface area contributed by atoms with Crippen LogP contribution < -0.4 is 5.32 Å². The molecular formula is C27H28N4O3S3. The van der Waals surface area contributed by atoms with Crippen molar-refractivity contribution in [3.63, 3.8) is 0 Å². The van der Waals surface area contributed by atoms with Crippen molar-refractivity contribution in [3.05, 3.63) is 59.5 Å². The lowest BCUT2D eigenvalue weighted by Crippen LogP contribution is -2.37. The molecule has 192 valence electrons. The standard InChI is InChI=1S/C27H28N4O3S3/c1-26(2)12-18-13-27(3,15-26)16-31(18)37(33,34)19-10-8-17(9-11-19)23(32)30-25-29-21(14-35-25)24-28-20-6-4-5-7-22(20)36-24/h4-11,14,18H,12-13,15-16H2,1-3H3,(H,29,30,32). The predicted molar refractivity (Wildman–Crippen MR) is 149 cm³/mol. The molecule has 2 aliphatic rings. The van der Waals surface area contributed by atoms with Crippen LogP contribution in [0, 0.1) is 10.8 Å². The Labute approximate surface area is 224 Å². The van der Waals surface area contributed by atoms with Crippen molar-refractivity contribution in [2.45, 2.75) is 51.0 Å². The van der Waals surface area contributed by atoms with Crippen LogP contribution in [0.25, 0.3) is 20.9 Å². The Morgan fingerprint density at radius 1 is 1.05 bits per heavy atom. The molecule has 6 rings (SSSR count). The van der Waals surface area contributed by atoms with Crippen LogP contribution in [0.2, 0.25) is 0 Å². The first-order chi connectivity index (χ1) is 17.5. The third-order valence-corrected chi connectivity index (χ3v) is 11.1. The van der Waals surface area contributed by atoms with E-state index in [1.807, 2.05) is 29.6 Å². The fourth-order valence-electron chi connectivity index (χ4n) is 6.18. The van der Waals surface area contributed by atoms with Gasteiger partial charge in [0.25, 0.3) is 5.91 Å². The SMILES string of the molecule is CC1(C)CC2CC(C)(CN2S(=O)(=O)c2ccc(C(=O)Nc3nc(-c4nc5ccccc5s4)cs3)cc2)C1. The number of nitrogens with zero attached hydrogens (tertiary/aromatic N) is 3. The Morgan fingerprint density at radius 2 is 1.81 bits per heavy atom. The van der Waals surface area contributed by atoms with Gasteiger partial charge in [0, 0.05) is 23.5 Å². The summed E-state index contributed by atoms with van der Waals surface area (Å²) in [6.45, 7) is 7.20. The van der Waals surface area contributed by atoms with E-state index in [-0.39, 0.29) is 27.7 Å². The molecule has 2 fully saturated rings. The summed E-state index contributed by atoms with van der Waals surface area (Å²) in [4.78, 5) is 22.2. The van der Waals surface area contributed by atoms with E-state index in [0.29, 0.717) is 17.2 Å². The number of anilines is 1. The van der Waals surface area contributed by atoms with Crippen LogP contribution in [0.3, 0.4) is 0 Å². The predicted octanol–water partition coefficient (Wildman–Crippen LogP) is 6.26. The number of thiazole rings is 2. The van der Waals surface area contributed by atoms with Gasteiger partial charge in [-0.1, -0.05) is 32.9 Å². The molecule has 0 spiro atoms. The number of aromatic nitrogens is 2. The number of amides is 1. The van der Waals surface area contributed by atoms with Crippen LogP contribution in [0.4, 0.5) is 5.13 Å². The maximum atomic E-state index is 13.5. The van der Waals surface area contributed by atoms with E-state index in [0.717, 1.165) is 40.2 Å². The molecule has 1 N–H and O–H groups in total. The van der Waals surface area contributed by atoms with E-state index in [9.17, 15) is 13.2 Å². The van der Waals surface area contributed by atoms with E-state index in [1.165, 1.54) is 23.5 Å². The molecule has 3 heterocycles. The first-order valence-corrected chi connectivity index (χ1v) is 15.4. The number of carbonyl (C=O) groups is 1. The number of rotatable bonds is 5. The van der Waals surface area contributed by atoms with Gasteiger partial charge in [-0.05, 0) is 66.5 Å². The summed E-state index contributed by atoms with van der Waals surface area (Å²) >= 11 is 2.89. The zero-order valence-corrected chi connectivity index (χ0v) is 23.3. The molecule has 2 bridgehead atoms. The van der Waals surface area contributed by atoms with Gasteiger partial charge in [-0.25, -0.2) is 18.4 Å². The second-order valence-electron chi connectivity index (χ2n) is 11.3. The Balaban J connectivity index is 1.16. The van der Waals surface area contributed by atoms with Gasteiger partial charge in [0.2, 0.25) is 10.0 Å². The van der Waals surface area contributed by atoms with Crippen molar-refractivity contribution >= 4 is 54.0 Å². The summed E-state index contributed by atoms with van der Waals surface area (Å²) in [5.41, 5.74) is 2.16. The minimum Gasteiger partial charge on any atom is -0.298 e. The van der Waals surface area contributed by atoms with E-state index in [1.54, 1.807) is 27.8 Å². The van der Waals surface area contributed by atoms with Crippen LogP contribution >= 0.6 is 22.7 Å². The van der Waals surface area contributed by atoms with Crippen molar-refractivity contribution in [1.29, 1.82) is 0 Å². The van der Waals surface area contributed by atoms with E-state index in [2.05, 4.69) is 36.1 Å². The molecule has 2 unspecified atom stereocenters. The smallest absolute Gasteiger partial charge is 0.257 e. The molecule has 2 aromatic heterocycles. The maximum Gasteiger partial charge on any atom is 0.257 e. The largest absolute Gasteiger partial charge is 0.298 e. The van der Waals surface area contributed by atoms with Crippen LogP contribution in [0.1, 0.15) is 50.4 Å². The lowest BCUT2D eigenvalue weighted by Gasteiger charge is -2.39. The van der Waals surface area contributed by atoms with Gasteiger partial charge in [-0.3, -0.25) is 10.1 Å². The lowest BCUT2D eigenvalue weighted by atomic mass is 9.65. The number of hydrogen-bond donors (Lipinski definition) is 1. The highest BCUT2D eigenvalue weighted by molar-refractivity contribution is 7.89. The van der Waals surface area contributed by atoms with Gasteiger partial charge in [-0.15, -0.1) is 22.7 Å². The molecule has 1 aliphatic heterocycles. The van der Waals surface area contributed by atoms with Crippen LogP contribution in [-0.4, -0.2) is 41.2 Å². The number of nitrogens with one attached hydrogen (secondary N) is 1. The Bertz CT molecular complexity index is 1570. The molecule has 37 heavy (non-hydrogen) atoms. The number of sulfonamides is 1. The minimum absolute atomic E-state index is 0.0111. The van der Waals surface area contributed by atoms with Gasteiger partial charge in [0.1, 0.15) is 10.7 Å². The molecule has 7 nitrogen and oxygen atoms in total. The monoisotopic (exact) mass is 552 g/mol. The third kappa shape index (κ3) is 4.60. The number of benzene rings is 2. The number of para-hydroxylation sites is 1. The summed E-state index contributed by atoms with van der Waals surface area (Å²) in [5, 5.41) is 5.97. The Morgan fingerprint density at radius 3 is 2.57 bits per heavy atom. The van der Waals surface area contributed by atoms with Crippen molar-refractivity contribution in [2.24, 2.45) is 10.8 Å². The fraction of sp³-hybridized carbons (Fsp3) is 0.370. The van der Waals surface area contributed by atoms with Gasteiger partial charge >= 0.3 is 0 Å². The van der Waals surface area contributed by atoms with Gasteiger partial charge in [0.05, 0.1) is 15.1 Å². The van der Waals surface area contributed by atoms with Crippen molar-refractivity contribution < 1.29 is 13.2 Å². The van der Waals surface area contributed by atoms with Crippen LogP contribution in [0.15, 0.2) is 58.8 Å². The molecule has 2 aromatic carbocycles. The molecule has 10 heteroatoms. The van der Waals surface area contributed by atoms with Gasteiger partial charge in [0.15, 0.2) is 5.13 Å². The molecule has 2 atom stereocenters. The summed E-state index contributed by atoms with van der Waals surface area (Å²) in [6, 6.07) is 14.1. The highest BCUT2D eigenvalue weighted by Crippen LogP contribution is 2.53. The van der Waals surface area contributed by atoms with Gasteiger partial charge < -0.3 is 0 Å². The minimum atomic E-state index is -3.64. The molecule has 1 aliphatic carbocycles. The number of carbonyl (C=O) groups excluding carboxylic acids is 1. The normalized spacial score (nSPS) is 23.4. The van der Waals surface area contributed by atoms with E-state index >= 15 is 0 Å². The van der Waals surface area contributed by atoms with Crippen LogP contribution in [0.5, 0.6) is 0 Å². The molecule has 1 amide bonds. The second kappa shape index (κ2) is 8.69. The quantitative estimate of drug-likeness (QED) is 0.315. The third-order valence-electron chi connectivity index (χ3n) is 7.33. The molecule has 0 radical (unpaired) electrons. The Hall–Kier alpha value is -2.66. The number of fused-ring (bicyclic) bond motifs is 3. The zero-order valence-electron chi connectivity index (χ0n) is 20.9. The average Bonchev–Trinajstić information content (AvgIpc) is 3.54. The number of hydrogen-bond acceptors (Lipinski definition) is 7. The highest BCUT2D eigenvalue weighted by Gasteiger charge is 2.53. The molecule has 1 saturated heterocycles. The van der Waals surface area contributed by atoms with Crippen molar-refractivity contribution in [2.75, 3.05) is 11.9 Å². The maximum absolute atomic E-state index is 13.5. The van der Waals surface area contributed by atoms with Gasteiger partial charge in [-0.2, -0.15) is 4.31 Å². The fourth-order valence-corrected chi connectivity index (χ4v) is 9.65. The first-order valence-electron chi connectivity index (χ1n) is 12.3. The molecule has 4 aromatic rings.